The molecule has 0 unspecified atom stereocenters. The average molecular weight is 296 g/mol. The molecule has 1 rings (SSSR count). The lowest BCUT2D eigenvalue weighted by molar-refractivity contribution is -0.383. The van der Waals surface area contributed by atoms with Gasteiger partial charge >= 0.3 is 7.12 Å². The van der Waals surface area contributed by atoms with Gasteiger partial charge < -0.3 is 20.1 Å². The van der Waals surface area contributed by atoms with Crippen LogP contribution in [0.5, 0.6) is 0 Å². The van der Waals surface area contributed by atoms with Crippen LogP contribution in [0.3, 0.4) is 0 Å². The monoisotopic (exact) mass is 296 g/mol. The second kappa shape index (κ2) is 6.01. The Kier molecular flexibility index (Phi) is 4.98. The number of anilines is 1. The number of rotatable bonds is 6. The molecule has 0 spiro atoms. The Morgan fingerprint density at radius 1 is 1.33 bits per heavy atom. The van der Waals surface area contributed by atoms with Crippen LogP contribution in [-0.4, -0.2) is 40.4 Å². The molecule has 0 atom stereocenters. The molecular formula is C13H21BN2O5. The normalized spacial score (nSPS) is 12.1. The zero-order valence-electron chi connectivity index (χ0n) is 12.9. The van der Waals surface area contributed by atoms with Crippen molar-refractivity contribution in [3.8, 4) is 0 Å². The first-order valence-electron chi connectivity index (χ1n) is 6.54. The van der Waals surface area contributed by atoms with Crippen molar-refractivity contribution < 1.29 is 19.7 Å². The second-order valence-corrected chi connectivity index (χ2v) is 5.82. The molecule has 8 heteroatoms. The molecule has 7 nitrogen and oxygen atoms in total. The number of nitro benzene ring substituents is 1. The molecule has 116 valence electrons. The van der Waals surface area contributed by atoms with Gasteiger partial charge in [-0.1, -0.05) is 6.07 Å². The Morgan fingerprint density at radius 2 is 1.90 bits per heavy atom. The highest BCUT2D eigenvalue weighted by Crippen LogP contribution is 2.26. The summed E-state index contributed by atoms with van der Waals surface area (Å²) in [5.74, 6) is 0. The Bertz CT molecular complexity index is 528. The van der Waals surface area contributed by atoms with Crippen LogP contribution in [0.2, 0.25) is 0 Å². The molecule has 0 amide bonds. The Hall–Kier alpha value is -1.64. The highest BCUT2D eigenvalue weighted by molar-refractivity contribution is 6.60. The first kappa shape index (κ1) is 17.4. The van der Waals surface area contributed by atoms with Gasteiger partial charge in [-0.3, -0.25) is 10.1 Å². The van der Waals surface area contributed by atoms with Gasteiger partial charge in [-0.2, -0.15) is 0 Å². The third kappa shape index (κ3) is 3.93. The van der Waals surface area contributed by atoms with Gasteiger partial charge in [0.25, 0.3) is 5.69 Å². The van der Waals surface area contributed by atoms with Crippen LogP contribution in [-0.2, 0) is 4.65 Å². The summed E-state index contributed by atoms with van der Waals surface area (Å²) in [7, 11) is 0.250. The van der Waals surface area contributed by atoms with Gasteiger partial charge in [0, 0.05) is 13.1 Å². The summed E-state index contributed by atoms with van der Waals surface area (Å²) in [6, 6.07) is 4.16. The predicted octanol–water partition coefficient (Wildman–Crippen LogP) is 0.890. The van der Waals surface area contributed by atoms with Crippen molar-refractivity contribution in [1.29, 1.82) is 0 Å². The van der Waals surface area contributed by atoms with E-state index in [-0.39, 0.29) is 11.4 Å². The number of hydrogen-bond donors (Lipinski definition) is 3. The average Bonchev–Trinajstić information content (AvgIpc) is 2.35. The fourth-order valence-corrected chi connectivity index (χ4v) is 1.56. The maximum atomic E-state index is 10.9. The predicted molar refractivity (Wildman–Crippen MR) is 81.7 cm³/mol. The van der Waals surface area contributed by atoms with Gasteiger partial charge in [-0.05, 0) is 39.2 Å². The Labute approximate surface area is 124 Å². The number of hydrogen-bond acceptors (Lipinski definition) is 6. The third-order valence-corrected chi connectivity index (χ3v) is 3.65. The Morgan fingerprint density at radius 3 is 2.33 bits per heavy atom. The molecule has 1 aromatic carbocycles. The van der Waals surface area contributed by atoms with E-state index in [0.29, 0.717) is 5.46 Å². The summed E-state index contributed by atoms with van der Waals surface area (Å²) in [6.45, 7) is 6.46. The maximum Gasteiger partial charge on any atom is 0.491 e. The molecular weight excluding hydrogens is 275 g/mol. The summed E-state index contributed by atoms with van der Waals surface area (Å²) >= 11 is 0. The van der Waals surface area contributed by atoms with Gasteiger partial charge in [0.15, 0.2) is 0 Å². The van der Waals surface area contributed by atoms with Crippen molar-refractivity contribution in [2.24, 2.45) is 0 Å². The van der Waals surface area contributed by atoms with Crippen LogP contribution in [0.4, 0.5) is 11.4 Å². The van der Waals surface area contributed by atoms with Crippen molar-refractivity contribution in [2.75, 3.05) is 12.4 Å². The molecule has 0 fully saturated rings. The van der Waals surface area contributed by atoms with E-state index >= 15 is 0 Å². The molecule has 21 heavy (non-hydrogen) atoms. The van der Waals surface area contributed by atoms with E-state index in [4.69, 9.17) is 4.65 Å². The molecule has 0 saturated carbocycles. The van der Waals surface area contributed by atoms with E-state index in [0.717, 1.165) is 0 Å². The summed E-state index contributed by atoms with van der Waals surface area (Å²) in [4.78, 5) is 10.4. The molecule has 0 heterocycles. The zero-order valence-corrected chi connectivity index (χ0v) is 12.9. The van der Waals surface area contributed by atoms with Crippen LogP contribution in [0.1, 0.15) is 27.7 Å². The molecule has 1 aromatic rings. The van der Waals surface area contributed by atoms with Gasteiger partial charge in [0.1, 0.15) is 5.69 Å². The largest absolute Gasteiger partial charge is 0.491 e. The molecule has 0 aliphatic rings. The first-order valence-corrected chi connectivity index (χ1v) is 6.54. The van der Waals surface area contributed by atoms with Gasteiger partial charge in [-0.25, -0.2) is 0 Å². The van der Waals surface area contributed by atoms with Crippen LogP contribution in [0.15, 0.2) is 18.2 Å². The number of benzene rings is 1. The lowest BCUT2D eigenvalue weighted by Gasteiger charge is -2.38. The van der Waals surface area contributed by atoms with Gasteiger partial charge in [0.05, 0.1) is 16.1 Å². The van der Waals surface area contributed by atoms with Crippen LogP contribution in [0.25, 0.3) is 0 Å². The Balaban J connectivity index is 3.04. The van der Waals surface area contributed by atoms with Crippen molar-refractivity contribution in [2.45, 2.75) is 38.9 Å². The number of nitrogens with one attached hydrogen (secondary N) is 1. The van der Waals surface area contributed by atoms with Gasteiger partial charge in [-0.15, -0.1) is 0 Å². The van der Waals surface area contributed by atoms with Crippen molar-refractivity contribution in [3.05, 3.63) is 28.3 Å². The third-order valence-electron chi connectivity index (χ3n) is 3.65. The molecule has 0 saturated heterocycles. The lowest BCUT2D eigenvalue weighted by atomic mass is 9.76. The fraction of sp³-hybridized carbons (Fsp3) is 0.538. The standard InChI is InChI=1S/C13H21BN2O5/c1-12(2,17)13(3,4)21-14(18)9-6-7-11(16(19)20)10(8-9)15-5/h6-8,15,17-18H,1-5H3. The highest BCUT2D eigenvalue weighted by atomic mass is 16.6. The lowest BCUT2D eigenvalue weighted by Crippen LogP contribution is -2.53. The van der Waals surface area contributed by atoms with E-state index in [1.54, 1.807) is 34.7 Å². The molecule has 3 N–H and O–H groups in total. The minimum atomic E-state index is -1.31. The van der Waals surface area contributed by atoms with Crippen molar-refractivity contribution in [3.63, 3.8) is 0 Å². The quantitative estimate of drug-likeness (QED) is 0.409. The minimum absolute atomic E-state index is 0.0878. The molecule has 0 aliphatic carbocycles. The van der Waals surface area contributed by atoms with Crippen molar-refractivity contribution in [1.82, 2.24) is 0 Å². The second-order valence-electron chi connectivity index (χ2n) is 5.82. The molecule has 0 aromatic heterocycles. The van der Waals surface area contributed by atoms with Crippen LogP contribution >= 0.6 is 0 Å². The number of aliphatic hydroxyl groups is 1. The summed E-state index contributed by atoms with van der Waals surface area (Å²) < 4.78 is 5.50. The van der Waals surface area contributed by atoms with E-state index in [1.807, 2.05) is 0 Å². The SMILES string of the molecule is CNc1cc(B(O)OC(C)(C)C(C)(C)O)ccc1[N+](=O)[O-]. The first-order chi connectivity index (χ1) is 9.49. The molecule has 0 bridgehead atoms. The van der Waals surface area contributed by atoms with E-state index in [2.05, 4.69) is 5.32 Å². The van der Waals surface area contributed by atoms with Crippen molar-refractivity contribution >= 4 is 24.0 Å². The van der Waals surface area contributed by atoms with Gasteiger partial charge in [0.2, 0.25) is 0 Å². The topological polar surface area (TPSA) is 105 Å². The molecule has 0 aliphatic heterocycles. The zero-order chi connectivity index (χ0) is 16.4. The van der Waals surface area contributed by atoms with E-state index in [1.165, 1.54) is 18.2 Å². The van der Waals surface area contributed by atoms with E-state index in [9.17, 15) is 20.2 Å². The van der Waals surface area contributed by atoms with Crippen LogP contribution < -0.4 is 10.8 Å². The van der Waals surface area contributed by atoms with E-state index < -0.39 is 23.2 Å². The summed E-state index contributed by atoms with van der Waals surface area (Å²) in [6.07, 6.45) is 0. The number of nitro groups is 1. The minimum Gasteiger partial charge on any atom is -0.423 e. The fourth-order valence-electron chi connectivity index (χ4n) is 1.56. The smallest absolute Gasteiger partial charge is 0.423 e. The summed E-state index contributed by atoms with van der Waals surface area (Å²) in [5.41, 5.74) is -1.62. The molecule has 0 radical (unpaired) electrons. The highest BCUT2D eigenvalue weighted by Gasteiger charge is 2.39. The summed E-state index contributed by atoms with van der Waals surface area (Å²) in [5, 5.41) is 33.7. The number of nitrogens with zero attached hydrogens (tertiary/aromatic N) is 1. The maximum absolute atomic E-state index is 10.9. The van der Waals surface area contributed by atoms with Crippen LogP contribution in [0, 0.1) is 10.1 Å².